The van der Waals surface area contributed by atoms with Crippen LogP contribution in [-0.4, -0.2) is 24.9 Å². The molecule has 5 aromatic heterocycles. The van der Waals surface area contributed by atoms with Crippen molar-refractivity contribution in [2.45, 2.75) is 48.0 Å². The number of nitrogens with one attached hydrogen (secondary N) is 5. The largest absolute Gasteiger partial charge is 0.355 e. The summed E-state index contributed by atoms with van der Waals surface area (Å²) in [6.45, 7) is 12.8. The Morgan fingerprint density at radius 3 is 1.24 bits per heavy atom. The van der Waals surface area contributed by atoms with E-state index in [0.717, 1.165) is 6.42 Å². The fourth-order valence-electron chi connectivity index (χ4n) is 12.3. The van der Waals surface area contributed by atoms with Gasteiger partial charge in [-0.3, -0.25) is 0 Å². The lowest BCUT2D eigenvalue weighted by Crippen LogP contribution is -1.80. The maximum atomic E-state index is 3.45. The molecule has 12 aromatic carbocycles. The summed E-state index contributed by atoms with van der Waals surface area (Å²) in [6, 6.07) is 89.9. The van der Waals surface area contributed by atoms with E-state index in [4.69, 9.17) is 0 Å². The first-order valence-electron chi connectivity index (χ1n) is 29.1. The number of aromatic nitrogens is 5. The van der Waals surface area contributed by atoms with Crippen molar-refractivity contribution in [2.75, 3.05) is 0 Å². The van der Waals surface area contributed by atoms with Crippen LogP contribution in [0.15, 0.2) is 255 Å². The predicted molar refractivity (Wildman–Crippen MR) is 362 cm³/mol. The molecule has 1 aliphatic carbocycles. The molecule has 5 nitrogen and oxygen atoms in total. The molecule has 18 rings (SSSR count). The van der Waals surface area contributed by atoms with Crippen molar-refractivity contribution in [3.8, 4) is 11.1 Å². The second-order valence-electron chi connectivity index (χ2n) is 22.5. The van der Waals surface area contributed by atoms with Gasteiger partial charge in [-0.1, -0.05) is 205 Å². The van der Waals surface area contributed by atoms with Crippen LogP contribution < -0.4 is 0 Å². The monoisotopic (exact) mass is 1090 g/mol. The molecule has 0 aliphatic heterocycles. The molecule has 0 atom stereocenters. The highest BCUT2D eigenvalue weighted by atomic mass is 14.7. The van der Waals surface area contributed by atoms with Gasteiger partial charge in [-0.15, -0.1) is 0 Å². The molecular formula is C79H67N5. The van der Waals surface area contributed by atoms with Crippen molar-refractivity contribution in [1.29, 1.82) is 0 Å². The van der Waals surface area contributed by atoms with E-state index in [1.807, 2.05) is 0 Å². The Morgan fingerprint density at radius 2 is 0.607 bits per heavy atom. The summed E-state index contributed by atoms with van der Waals surface area (Å²) in [6.07, 6.45) is 1.10. The van der Waals surface area contributed by atoms with Gasteiger partial charge in [-0.05, 0) is 154 Å². The number of aryl methyl sites for hydroxylation is 6. The number of rotatable bonds is 0. The van der Waals surface area contributed by atoms with E-state index in [1.165, 1.54) is 165 Å². The third-order valence-electron chi connectivity index (χ3n) is 16.4. The molecule has 84 heavy (non-hydrogen) atoms. The molecule has 0 radical (unpaired) electrons. The van der Waals surface area contributed by atoms with E-state index >= 15 is 0 Å². The van der Waals surface area contributed by atoms with Crippen LogP contribution in [0.25, 0.3) is 120 Å². The predicted octanol–water partition coefficient (Wildman–Crippen LogP) is 21.7. The third-order valence-corrected chi connectivity index (χ3v) is 16.4. The molecule has 0 amide bonds. The van der Waals surface area contributed by atoms with Gasteiger partial charge in [-0.25, -0.2) is 0 Å². The number of H-pyrrole nitrogens is 5. The van der Waals surface area contributed by atoms with Gasteiger partial charge in [0.2, 0.25) is 0 Å². The average Bonchev–Trinajstić information content (AvgIpc) is 4.55. The number of fused-ring (bicyclic) bond motifs is 18. The molecule has 0 saturated heterocycles. The van der Waals surface area contributed by atoms with Crippen LogP contribution in [0.1, 0.15) is 44.5 Å². The summed E-state index contributed by atoms with van der Waals surface area (Å²) in [4.78, 5) is 17.1. The van der Waals surface area contributed by atoms with Crippen LogP contribution in [0.4, 0.5) is 0 Å². The zero-order valence-electron chi connectivity index (χ0n) is 48.5. The highest BCUT2D eigenvalue weighted by Crippen LogP contribution is 2.37. The number of benzene rings is 12. The quantitative estimate of drug-likeness (QED) is 0.100. The summed E-state index contributed by atoms with van der Waals surface area (Å²) >= 11 is 0. The number of para-hydroxylation sites is 6. The summed E-state index contributed by atoms with van der Waals surface area (Å²) < 4.78 is 0. The molecule has 408 valence electrons. The van der Waals surface area contributed by atoms with Crippen molar-refractivity contribution >= 4 is 109 Å². The zero-order valence-corrected chi connectivity index (χ0v) is 48.5. The molecule has 0 saturated carbocycles. The Balaban J connectivity index is 0.0000000940. The molecular weight excluding hydrogens is 1020 g/mol. The van der Waals surface area contributed by atoms with Gasteiger partial charge < -0.3 is 24.9 Å². The van der Waals surface area contributed by atoms with Gasteiger partial charge in [0, 0.05) is 109 Å². The molecule has 0 bridgehead atoms. The van der Waals surface area contributed by atoms with Crippen molar-refractivity contribution in [1.82, 2.24) is 24.9 Å². The molecule has 5 heterocycles. The Bertz CT molecular complexity index is 5060. The standard InChI is InChI=1S/C14H12.5C13H11N/c1-10-6-7-14-12(8-10)9-11-4-2-3-5-13(11)14;1-9-5-4-7-11-10-6-2-3-8-12(10)14-13(9)11;1-9-5-4-8-12-13(9)10-6-2-3-7-11(10)14-12;2*1-9-6-7-13-11(8-9)10-4-2-3-5-12(10)14-13;1-9-6-7-11-10-4-2-3-5-12(10)14-13(11)8-9/h2-8H,9H2,1H3;5*2-8,14H,1H3. The maximum Gasteiger partial charge on any atom is 0.0494 e. The van der Waals surface area contributed by atoms with Gasteiger partial charge in [0.1, 0.15) is 0 Å². The normalized spacial score (nSPS) is 11.4. The Kier molecular flexibility index (Phi) is 14.4. The molecule has 0 unspecified atom stereocenters. The summed E-state index contributed by atoms with van der Waals surface area (Å²) in [5.41, 5.74) is 25.9. The summed E-state index contributed by atoms with van der Waals surface area (Å²) in [7, 11) is 0. The van der Waals surface area contributed by atoms with Crippen LogP contribution in [0, 0.1) is 41.5 Å². The van der Waals surface area contributed by atoms with Crippen molar-refractivity contribution in [3.63, 3.8) is 0 Å². The molecule has 0 spiro atoms. The SMILES string of the molecule is Cc1ccc2[nH]c3ccccc3c2c1.Cc1ccc2[nH]c3ccccc3c2c1.Cc1ccc2c(c1)Cc1ccccc1-2.Cc1ccc2c(c1)[nH]c1ccccc12.Cc1cccc2[nH]c3ccccc3c12.Cc1cccc2c1[nH]c1ccccc12. The fourth-order valence-corrected chi connectivity index (χ4v) is 12.3. The molecule has 5 N–H and O–H groups in total. The molecule has 1 aliphatic rings. The second kappa shape index (κ2) is 22.9. The van der Waals surface area contributed by atoms with E-state index in [-0.39, 0.29) is 0 Å². The molecule has 5 heteroatoms. The first-order valence-corrected chi connectivity index (χ1v) is 29.1. The molecule has 17 aromatic rings. The van der Waals surface area contributed by atoms with Crippen LogP contribution >= 0.6 is 0 Å². The van der Waals surface area contributed by atoms with Gasteiger partial charge in [0.05, 0.1) is 0 Å². The first-order chi connectivity index (χ1) is 41.1. The summed E-state index contributed by atoms with van der Waals surface area (Å²) in [5, 5.41) is 13.2. The Hall–Kier alpha value is -10.4. The second-order valence-corrected chi connectivity index (χ2v) is 22.5. The molecule has 0 fully saturated rings. The highest BCUT2D eigenvalue weighted by molar-refractivity contribution is 6.11. The number of aromatic amines is 5. The van der Waals surface area contributed by atoms with Crippen LogP contribution in [-0.2, 0) is 6.42 Å². The van der Waals surface area contributed by atoms with Crippen LogP contribution in [0.5, 0.6) is 0 Å². The lowest BCUT2D eigenvalue weighted by atomic mass is 10.0. The van der Waals surface area contributed by atoms with Gasteiger partial charge in [0.25, 0.3) is 0 Å². The third kappa shape index (κ3) is 10.6. The van der Waals surface area contributed by atoms with E-state index in [2.05, 4.69) is 321 Å². The maximum absolute atomic E-state index is 3.45. The topological polar surface area (TPSA) is 78.9 Å². The van der Waals surface area contributed by atoms with Crippen molar-refractivity contribution in [3.05, 3.63) is 299 Å². The smallest absolute Gasteiger partial charge is 0.0494 e. The number of hydrogen-bond donors (Lipinski definition) is 5. The van der Waals surface area contributed by atoms with E-state index in [9.17, 15) is 0 Å². The lowest BCUT2D eigenvalue weighted by Gasteiger charge is -2.00. The van der Waals surface area contributed by atoms with E-state index < -0.39 is 0 Å². The lowest BCUT2D eigenvalue weighted by molar-refractivity contribution is 1.25. The minimum absolute atomic E-state index is 1.10. The highest BCUT2D eigenvalue weighted by Gasteiger charge is 2.17. The van der Waals surface area contributed by atoms with Crippen molar-refractivity contribution in [2.24, 2.45) is 0 Å². The first kappa shape index (κ1) is 53.0. The van der Waals surface area contributed by atoms with E-state index in [1.54, 1.807) is 0 Å². The van der Waals surface area contributed by atoms with Gasteiger partial charge in [-0.2, -0.15) is 0 Å². The minimum Gasteiger partial charge on any atom is -0.355 e. The van der Waals surface area contributed by atoms with Gasteiger partial charge in [0.15, 0.2) is 0 Å². The van der Waals surface area contributed by atoms with Crippen LogP contribution in [0.3, 0.4) is 0 Å². The Labute approximate surface area is 489 Å². The summed E-state index contributed by atoms with van der Waals surface area (Å²) in [5.74, 6) is 0. The van der Waals surface area contributed by atoms with Crippen molar-refractivity contribution < 1.29 is 0 Å². The Morgan fingerprint density at radius 1 is 0.226 bits per heavy atom. The van der Waals surface area contributed by atoms with E-state index in [0.29, 0.717) is 0 Å². The van der Waals surface area contributed by atoms with Gasteiger partial charge >= 0.3 is 0 Å². The van der Waals surface area contributed by atoms with Crippen LogP contribution in [0.2, 0.25) is 0 Å². The zero-order chi connectivity index (χ0) is 57.3. The number of hydrogen-bond acceptors (Lipinski definition) is 0. The fraction of sp³-hybridized carbons (Fsp3) is 0.0886. The average molecular weight is 1090 g/mol. The minimum atomic E-state index is 1.10.